The number of hydrogen-bond donors (Lipinski definition) is 2. The van der Waals surface area contributed by atoms with Gasteiger partial charge in [0.15, 0.2) is 5.82 Å². The second-order valence-corrected chi connectivity index (χ2v) is 7.21. The van der Waals surface area contributed by atoms with E-state index >= 15 is 0 Å². The highest BCUT2D eigenvalue weighted by atomic mass is 19.1. The van der Waals surface area contributed by atoms with Gasteiger partial charge in [0.2, 0.25) is 5.95 Å². The van der Waals surface area contributed by atoms with Crippen molar-refractivity contribution in [3.05, 3.63) is 66.9 Å². The summed E-state index contributed by atoms with van der Waals surface area (Å²) in [5, 5.41) is 6.66. The van der Waals surface area contributed by atoms with Crippen molar-refractivity contribution in [3.8, 4) is 22.5 Å². The molecule has 4 heterocycles. The van der Waals surface area contributed by atoms with Crippen molar-refractivity contribution in [2.24, 2.45) is 0 Å². The monoisotopic (exact) mass is 388 g/mol. The van der Waals surface area contributed by atoms with Crippen LogP contribution in [0.2, 0.25) is 0 Å². The number of anilines is 1. The zero-order valence-electron chi connectivity index (χ0n) is 15.8. The molecule has 7 heteroatoms. The van der Waals surface area contributed by atoms with Gasteiger partial charge < -0.3 is 10.6 Å². The molecule has 0 amide bonds. The standard InChI is InChI=1S/C22H21FN6/c23-18-13-26-22(27-17-6-9-24-10-7-17)28-21(18)19-14-25-20-12-16(8-11-29(19)20)15-4-2-1-3-5-15/h1-5,8,11-14,17,24H,6-7,9-10H2,(H,26,27,28). The summed E-state index contributed by atoms with van der Waals surface area (Å²) in [6, 6.07) is 14.4. The fourth-order valence-electron chi connectivity index (χ4n) is 3.73. The number of piperidine rings is 1. The van der Waals surface area contributed by atoms with E-state index in [1.54, 1.807) is 6.20 Å². The summed E-state index contributed by atoms with van der Waals surface area (Å²) in [5.41, 5.74) is 3.77. The SMILES string of the molecule is Fc1cnc(NC2CCNCC2)nc1-c1cnc2cc(-c3ccccc3)ccn12. The Morgan fingerprint density at radius 2 is 1.83 bits per heavy atom. The first-order chi connectivity index (χ1) is 14.3. The summed E-state index contributed by atoms with van der Waals surface area (Å²) in [6.45, 7) is 1.92. The van der Waals surface area contributed by atoms with Crippen molar-refractivity contribution in [2.45, 2.75) is 18.9 Å². The molecular formula is C22H21FN6. The number of pyridine rings is 1. The summed E-state index contributed by atoms with van der Waals surface area (Å²) >= 11 is 0. The predicted octanol–water partition coefficient (Wildman–Crippen LogP) is 3.76. The summed E-state index contributed by atoms with van der Waals surface area (Å²) in [5.74, 6) is -0.0149. The number of hydrogen-bond acceptors (Lipinski definition) is 5. The second kappa shape index (κ2) is 7.60. The van der Waals surface area contributed by atoms with E-state index in [9.17, 15) is 4.39 Å². The van der Waals surface area contributed by atoms with Gasteiger partial charge in [0.25, 0.3) is 0 Å². The van der Waals surface area contributed by atoms with Crippen LogP contribution in [0.25, 0.3) is 28.2 Å². The van der Waals surface area contributed by atoms with Gasteiger partial charge in [-0.15, -0.1) is 0 Å². The van der Waals surface area contributed by atoms with Gasteiger partial charge in [0.1, 0.15) is 11.3 Å². The second-order valence-electron chi connectivity index (χ2n) is 7.21. The first-order valence-corrected chi connectivity index (χ1v) is 9.80. The molecule has 0 spiro atoms. The van der Waals surface area contributed by atoms with Crippen LogP contribution in [0, 0.1) is 5.82 Å². The minimum atomic E-state index is -0.463. The number of halogens is 1. The van der Waals surface area contributed by atoms with Gasteiger partial charge in [-0.2, -0.15) is 0 Å². The number of fused-ring (bicyclic) bond motifs is 1. The van der Waals surface area contributed by atoms with Crippen LogP contribution in [0.15, 0.2) is 61.1 Å². The summed E-state index contributed by atoms with van der Waals surface area (Å²) in [7, 11) is 0. The number of rotatable bonds is 4. The van der Waals surface area contributed by atoms with Crippen LogP contribution < -0.4 is 10.6 Å². The molecule has 29 heavy (non-hydrogen) atoms. The average Bonchev–Trinajstić information content (AvgIpc) is 3.19. The van der Waals surface area contributed by atoms with Crippen LogP contribution >= 0.6 is 0 Å². The lowest BCUT2D eigenvalue weighted by molar-refractivity contribution is 0.477. The maximum Gasteiger partial charge on any atom is 0.223 e. The maximum absolute atomic E-state index is 14.6. The smallest absolute Gasteiger partial charge is 0.223 e. The largest absolute Gasteiger partial charge is 0.351 e. The van der Waals surface area contributed by atoms with Crippen LogP contribution in [0.5, 0.6) is 0 Å². The quantitative estimate of drug-likeness (QED) is 0.557. The first-order valence-electron chi connectivity index (χ1n) is 9.80. The molecule has 1 aliphatic heterocycles. The van der Waals surface area contributed by atoms with Crippen LogP contribution in [0.1, 0.15) is 12.8 Å². The van der Waals surface area contributed by atoms with E-state index in [1.807, 2.05) is 40.9 Å². The third-order valence-electron chi connectivity index (χ3n) is 5.28. The normalized spacial score (nSPS) is 14.9. The average molecular weight is 388 g/mol. The fourth-order valence-corrected chi connectivity index (χ4v) is 3.73. The lowest BCUT2D eigenvalue weighted by Gasteiger charge is -2.23. The van der Waals surface area contributed by atoms with Crippen molar-refractivity contribution in [1.29, 1.82) is 0 Å². The van der Waals surface area contributed by atoms with Gasteiger partial charge in [0.05, 0.1) is 18.1 Å². The third-order valence-corrected chi connectivity index (χ3v) is 5.28. The number of imidazole rings is 1. The third kappa shape index (κ3) is 3.56. The minimum Gasteiger partial charge on any atom is -0.351 e. The molecule has 2 N–H and O–H groups in total. The number of nitrogens with one attached hydrogen (secondary N) is 2. The Labute approximate surface area is 167 Å². The van der Waals surface area contributed by atoms with E-state index in [0.717, 1.165) is 42.7 Å². The lowest BCUT2D eigenvalue weighted by Crippen LogP contribution is -2.35. The Balaban J connectivity index is 1.49. The van der Waals surface area contributed by atoms with E-state index in [0.29, 0.717) is 17.7 Å². The van der Waals surface area contributed by atoms with Crippen LogP contribution in [0.3, 0.4) is 0 Å². The molecule has 0 aliphatic carbocycles. The van der Waals surface area contributed by atoms with Crippen molar-refractivity contribution in [1.82, 2.24) is 24.7 Å². The van der Waals surface area contributed by atoms with Crippen LogP contribution in [-0.4, -0.2) is 38.5 Å². The van der Waals surface area contributed by atoms with Gasteiger partial charge in [-0.25, -0.2) is 19.3 Å². The predicted molar refractivity (Wildman–Crippen MR) is 111 cm³/mol. The highest BCUT2D eigenvalue weighted by molar-refractivity contribution is 5.70. The molecule has 0 atom stereocenters. The molecule has 146 valence electrons. The van der Waals surface area contributed by atoms with Crippen LogP contribution in [-0.2, 0) is 0 Å². The molecule has 0 saturated carbocycles. The van der Waals surface area contributed by atoms with Crippen molar-refractivity contribution >= 4 is 11.6 Å². The highest BCUT2D eigenvalue weighted by Crippen LogP contribution is 2.26. The van der Waals surface area contributed by atoms with E-state index in [-0.39, 0.29) is 5.69 Å². The number of aromatic nitrogens is 4. The van der Waals surface area contributed by atoms with E-state index in [4.69, 9.17) is 0 Å². The molecule has 3 aromatic heterocycles. The van der Waals surface area contributed by atoms with E-state index in [1.165, 1.54) is 6.20 Å². The molecule has 1 saturated heterocycles. The minimum absolute atomic E-state index is 0.247. The van der Waals surface area contributed by atoms with Crippen molar-refractivity contribution in [2.75, 3.05) is 18.4 Å². The maximum atomic E-state index is 14.6. The summed E-state index contributed by atoms with van der Waals surface area (Å²) in [6.07, 6.45) is 6.77. The molecule has 1 aromatic carbocycles. The number of benzene rings is 1. The Morgan fingerprint density at radius 3 is 2.66 bits per heavy atom. The molecule has 4 aromatic rings. The first kappa shape index (κ1) is 17.8. The van der Waals surface area contributed by atoms with Gasteiger partial charge in [-0.3, -0.25) is 4.40 Å². The van der Waals surface area contributed by atoms with Gasteiger partial charge >= 0.3 is 0 Å². The Kier molecular flexibility index (Phi) is 4.65. The Hall–Kier alpha value is -3.32. The zero-order chi connectivity index (χ0) is 19.6. The summed E-state index contributed by atoms with van der Waals surface area (Å²) < 4.78 is 16.4. The highest BCUT2D eigenvalue weighted by Gasteiger charge is 2.18. The molecular weight excluding hydrogens is 367 g/mol. The molecule has 1 aliphatic rings. The fraction of sp³-hybridized carbons (Fsp3) is 0.227. The van der Waals surface area contributed by atoms with Crippen molar-refractivity contribution < 1.29 is 4.39 Å². The Morgan fingerprint density at radius 1 is 1.00 bits per heavy atom. The molecule has 0 radical (unpaired) electrons. The topological polar surface area (TPSA) is 67.1 Å². The van der Waals surface area contributed by atoms with E-state index < -0.39 is 5.82 Å². The molecule has 1 fully saturated rings. The Bertz CT molecular complexity index is 1130. The zero-order valence-corrected chi connectivity index (χ0v) is 15.8. The summed E-state index contributed by atoms with van der Waals surface area (Å²) in [4.78, 5) is 13.1. The van der Waals surface area contributed by atoms with Crippen LogP contribution in [0.4, 0.5) is 10.3 Å². The van der Waals surface area contributed by atoms with Gasteiger partial charge in [-0.05, 0) is 49.2 Å². The lowest BCUT2D eigenvalue weighted by atomic mass is 10.1. The van der Waals surface area contributed by atoms with E-state index in [2.05, 4.69) is 37.7 Å². The van der Waals surface area contributed by atoms with Gasteiger partial charge in [0, 0.05) is 12.2 Å². The van der Waals surface area contributed by atoms with Gasteiger partial charge in [-0.1, -0.05) is 30.3 Å². The molecule has 5 rings (SSSR count). The molecule has 6 nitrogen and oxygen atoms in total. The number of nitrogens with zero attached hydrogens (tertiary/aromatic N) is 4. The molecule has 0 unspecified atom stereocenters. The molecule has 0 bridgehead atoms. The van der Waals surface area contributed by atoms with Crippen molar-refractivity contribution in [3.63, 3.8) is 0 Å².